The number of hydrogen-bond acceptors (Lipinski definition) is 2. The molecule has 0 spiro atoms. The van der Waals surface area contributed by atoms with Gasteiger partial charge in [-0.15, -0.1) is 0 Å². The minimum absolute atomic E-state index is 0.0654. The molecular weight excluding hydrogens is 378 g/mol. The Kier molecular flexibility index (Phi) is 5.12. The molecule has 0 aliphatic rings. The van der Waals surface area contributed by atoms with Gasteiger partial charge in [0.2, 0.25) is 5.91 Å². The largest absolute Gasteiger partial charge is 0.416 e. The smallest absolute Gasteiger partial charge is 0.311 e. The molecule has 4 nitrogen and oxygen atoms in total. The van der Waals surface area contributed by atoms with Crippen LogP contribution in [0.1, 0.15) is 39.0 Å². The Morgan fingerprint density at radius 1 is 1.12 bits per heavy atom. The maximum absolute atomic E-state index is 12.9. The number of rotatable bonds is 2. The maximum atomic E-state index is 12.9. The number of aromatic nitrogens is 2. The summed E-state index contributed by atoms with van der Waals surface area (Å²) in [7, 11) is 0. The van der Waals surface area contributed by atoms with Crippen molar-refractivity contribution in [1.82, 2.24) is 9.78 Å². The summed E-state index contributed by atoms with van der Waals surface area (Å²) >= 11 is 12.1. The topological polar surface area (TPSA) is 46.9 Å². The lowest BCUT2D eigenvalue weighted by atomic mass is 9.92. The first-order chi connectivity index (χ1) is 11.3. The molecule has 0 bridgehead atoms. The zero-order chi connectivity index (χ0) is 19.2. The van der Waals surface area contributed by atoms with Crippen molar-refractivity contribution in [2.24, 2.45) is 0 Å². The Hall–Kier alpha value is -1.73. The van der Waals surface area contributed by atoms with Gasteiger partial charge in [-0.1, -0.05) is 44.0 Å². The van der Waals surface area contributed by atoms with Crippen LogP contribution in [-0.4, -0.2) is 15.7 Å². The summed E-state index contributed by atoms with van der Waals surface area (Å²) in [5, 5.41) is 6.50. The highest BCUT2D eigenvalue weighted by atomic mass is 35.5. The number of benzene rings is 1. The molecule has 2 aromatic rings. The van der Waals surface area contributed by atoms with Crippen LogP contribution in [0.4, 0.5) is 19.0 Å². The second kappa shape index (κ2) is 6.53. The van der Waals surface area contributed by atoms with Gasteiger partial charge < -0.3 is 5.32 Å². The van der Waals surface area contributed by atoms with E-state index in [0.717, 1.165) is 12.1 Å². The van der Waals surface area contributed by atoms with Gasteiger partial charge in [0.1, 0.15) is 11.5 Å². The molecule has 0 aliphatic heterocycles. The third-order valence-electron chi connectivity index (χ3n) is 3.34. The minimum Gasteiger partial charge on any atom is -0.311 e. The van der Waals surface area contributed by atoms with Crippen LogP contribution in [0.3, 0.4) is 0 Å². The lowest BCUT2D eigenvalue weighted by Gasteiger charge is -2.15. The van der Waals surface area contributed by atoms with Gasteiger partial charge in [0.25, 0.3) is 0 Å². The molecule has 0 aliphatic carbocycles. The summed E-state index contributed by atoms with van der Waals surface area (Å²) in [6, 6.07) is 3.18. The predicted octanol–water partition coefficient (Wildman–Crippen LogP) is 5.45. The molecule has 2 rings (SSSR count). The molecule has 1 aromatic heterocycles. The van der Waals surface area contributed by atoms with Crippen molar-refractivity contribution >= 4 is 34.9 Å². The van der Waals surface area contributed by atoms with Gasteiger partial charge in [-0.2, -0.15) is 18.3 Å². The molecule has 1 amide bonds. The Morgan fingerprint density at radius 2 is 1.64 bits per heavy atom. The summed E-state index contributed by atoms with van der Waals surface area (Å²) in [4.78, 5) is 11.4. The molecule has 0 fully saturated rings. The Bertz CT molecular complexity index is 800. The van der Waals surface area contributed by atoms with Crippen molar-refractivity contribution in [1.29, 1.82) is 0 Å². The van der Waals surface area contributed by atoms with Gasteiger partial charge in [-0.25, -0.2) is 4.68 Å². The second-order valence-electron chi connectivity index (χ2n) is 6.54. The summed E-state index contributed by atoms with van der Waals surface area (Å²) in [5.41, 5.74) is -0.641. The fourth-order valence-electron chi connectivity index (χ4n) is 2.12. The number of hydrogen-bond donors (Lipinski definition) is 1. The van der Waals surface area contributed by atoms with Crippen LogP contribution in [0.15, 0.2) is 18.2 Å². The van der Waals surface area contributed by atoms with E-state index in [2.05, 4.69) is 10.4 Å². The van der Waals surface area contributed by atoms with E-state index in [1.54, 1.807) is 6.07 Å². The summed E-state index contributed by atoms with van der Waals surface area (Å²) in [6.07, 6.45) is -4.58. The highest BCUT2D eigenvalue weighted by Gasteiger charge is 2.33. The van der Waals surface area contributed by atoms with Gasteiger partial charge in [-0.3, -0.25) is 4.79 Å². The number of amides is 1. The normalized spacial score (nSPS) is 12.4. The van der Waals surface area contributed by atoms with E-state index in [9.17, 15) is 18.0 Å². The first-order valence-corrected chi connectivity index (χ1v) is 8.01. The Labute approximate surface area is 152 Å². The fourth-order valence-corrected chi connectivity index (χ4v) is 2.77. The molecule has 0 saturated heterocycles. The lowest BCUT2D eigenvalue weighted by Crippen LogP contribution is -2.14. The molecule has 1 aromatic carbocycles. The predicted molar refractivity (Wildman–Crippen MR) is 91.6 cm³/mol. The number of halogens is 5. The first kappa shape index (κ1) is 19.6. The number of anilines is 1. The van der Waals surface area contributed by atoms with Gasteiger partial charge in [0, 0.05) is 18.4 Å². The van der Waals surface area contributed by atoms with Gasteiger partial charge in [0.15, 0.2) is 0 Å². The van der Waals surface area contributed by atoms with Crippen molar-refractivity contribution < 1.29 is 18.0 Å². The van der Waals surface area contributed by atoms with Gasteiger partial charge >= 0.3 is 6.18 Å². The van der Waals surface area contributed by atoms with Crippen LogP contribution < -0.4 is 5.32 Å². The summed E-state index contributed by atoms with van der Waals surface area (Å²) in [5.74, 6) is -0.0956. The first-order valence-electron chi connectivity index (χ1n) is 7.25. The zero-order valence-corrected chi connectivity index (χ0v) is 15.4. The van der Waals surface area contributed by atoms with Crippen molar-refractivity contribution in [2.75, 3.05) is 5.32 Å². The maximum Gasteiger partial charge on any atom is 0.416 e. The van der Waals surface area contributed by atoms with Crippen molar-refractivity contribution in [3.8, 4) is 5.69 Å². The molecule has 9 heteroatoms. The standard InChI is InChI=1S/C16H16Cl2F3N3O/c1-8(25)22-13-7-12(15(2,3)4)23-24(13)14-10(17)5-9(6-11(14)18)16(19,20)21/h5-7H,1-4H3,(H,22,25). The highest BCUT2D eigenvalue weighted by Crippen LogP contribution is 2.39. The molecule has 0 unspecified atom stereocenters. The van der Waals surface area contributed by atoms with Crippen LogP contribution in [0.25, 0.3) is 5.69 Å². The van der Waals surface area contributed by atoms with Crippen molar-refractivity contribution in [3.05, 3.63) is 39.5 Å². The van der Waals surface area contributed by atoms with E-state index in [4.69, 9.17) is 23.2 Å². The number of carbonyl (C=O) groups is 1. The van der Waals surface area contributed by atoms with Crippen LogP contribution in [0.5, 0.6) is 0 Å². The number of carbonyl (C=O) groups excluding carboxylic acids is 1. The average molecular weight is 394 g/mol. The fraction of sp³-hybridized carbons (Fsp3) is 0.375. The van der Waals surface area contributed by atoms with E-state index in [1.165, 1.54) is 11.6 Å². The van der Waals surface area contributed by atoms with Crippen LogP contribution in [0, 0.1) is 0 Å². The van der Waals surface area contributed by atoms with Crippen LogP contribution in [0.2, 0.25) is 10.0 Å². The van der Waals surface area contributed by atoms with Crippen molar-refractivity contribution in [2.45, 2.75) is 39.3 Å². The quantitative estimate of drug-likeness (QED) is 0.736. The summed E-state index contributed by atoms with van der Waals surface area (Å²) in [6.45, 7) is 7.04. The minimum atomic E-state index is -4.58. The Balaban J connectivity index is 2.69. The van der Waals surface area contributed by atoms with Crippen LogP contribution in [-0.2, 0) is 16.4 Å². The molecule has 25 heavy (non-hydrogen) atoms. The molecule has 1 heterocycles. The average Bonchev–Trinajstić information content (AvgIpc) is 2.79. The third-order valence-corrected chi connectivity index (χ3v) is 3.91. The lowest BCUT2D eigenvalue weighted by molar-refractivity contribution is -0.137. The van der Waals surface area contributed by atoms with Crippen molar-refractivity contribution in [3.63, 3.8) is 0 Å². The molecule has 1 N–H and O–H groups in total. The van der Waals surface area contributed by atoms with E-state index in [-0.39, 0.29) is 32.9 Å². The second-order valence-corrected chi connectivity index (χ2v) is 7.36. The number of alkyl halides is 3. The number of nitrogens with one attached hydrogen (secondary N) is 1. The van der Waals surface area contributed by atoms with E-state index < -0.39 is 11.7 Å². The zero-order valence-electron chi connectivity index (χ0n) is 13.9. The van der Waals surface area contributed by atoms with Gasteiger partial charge in [0.05, 0.1) is 21.3 Å². The molecule has 0 atom stereocenters. The van der Waals surface area contributed by atoms with E-state index in [1.807, 2.05) is 20.8 Å². The molecular formula is C16H16Cl2F3N3O. The Morgan fingerprint density at radius 3 is 2.04 bits per heavy atom. The molecule has 136 valence electrons. The number of nitrogens with zero attached hydrogens (tertiary/aromatic N) is 2. The monoisotopic (exact) mass is 393 g/mol. The van der Waals surface area contributed by atoms with Gasteiger partial charge in [-0.05, 0) is 12.1 Å². The molecule has 0 saturated carbocycles. The van der Waals surface area contributed by atoms with E-state index >= 15 is 0 Å². The third kappa shape index (κ3) is 4.27. The summed E-state index contributed by atoms with van der Waals surface area (Å²) < 4.78 is 39.9. The SMILES string of the molecule is CC(=O)Nc1cc(C(C)(C)C)nn1-c1c(Cl)cc(C(F)(F)F)cc1Cl. The van der Waals surface area contributed by atoms with E-state index in [0.29, 0.717) is 5.69 Å². The highest BCUT2D eigenvalue weighted by molar-refractivity contribution is 6.38. The molecule has 0 radical (unpaired) electrons. The van der Waals surface area contributed by atoms with Crippen LogP contribution >= 0.6 is 23.2 Å².